The predicted molar refractivity (Wildman–Crippen MR) is 59.7 cm³/mol. The molecular formula is C10H12O6S. The summed E-state index contributed by atoms with van der Waals surface area (Å²) < 4.78 is 35.7. The molecule has 0 bridgehead atoms. The Bertz CT molecular complexity index is 507. The van der Waals surface area contributed by atoms with Gasteiger partial charge in [-0.25, -0.2) is 4.79 Å². The van der Waals surface area contributed by atoms with E-state index in [0.29, 0.717) is 0 Å². The number of carboxylic acids is 1. The molecule has 17 heavy (non-hydrogen) atoms. The van der Waals surface area contributed by atoms with E-state index in [1.807, 2.05) is 0 Å². The molecule has 1 unspecified atom stereocenters. The first-order valence-corrected chi connectivity index (χ1v) is 6.32. The van der Waals surface area contributed by atoms with E-state index in [2.05, 4.69) is 0 Å². The Balaban J connectivity index is 3.06. The van der Waals surface area contributed by atoms with Crippen molar-refractivity contribution in [3.05, 3.63) is 29.8 Å². The van der Waals surface area contributed by atoms with Gasteiger partial charge in [0.25, 0.3) is 0 Å². The van der Waals surface area contributed by atoms with Gasteiger partial charge in [0.05, 0.1) is 0 Å². The van der Waals surface area contributed by atoms with Gasteiger partial charge in [-0.3, -0.25) is 4.55 Å². The number of hydrogen-bond acceptors (Lipinski definition) is 4. The lowest BCUT2D eigenvalue weighted by molar-refractivity contribution is 0.0690. The molecule has 0 aliphatic heterocycles. The van der Waals surface area contributed by atoms with Gasteiger partial charge in [-0.15, -0.1) is 0 Å². The number of rotatable bonds is 5. The molecule has 0 aliphatic rings. The lowest BCUT2D eigenvalue weighted by atomic mass is 10.2. The molecule has 0 heterocycles. The van der Waals surface area contributed by atoms with Gasteiger partial charge in [0, 0.05) is 0 Å². The summed E-state index contributed by atoms with van der Waals surface area (Å²) in [5.41, 5.74) is -1.63. The molecule has 1 aromatic carbocycles. The van der Waals surface area contributed by atoms with Crippen LogP contribution in [0.5, 0.6) is 5.75 Å². The van der Waals surface area contributed by atoms with Gasteiger partial charge in [0.2, 0.25) is 5.44 Å². The van der Waals surface area contributed by atoms with Crippen LogP contribution in [-0.4, -0.2) is 29.5 Å². The molecule has 1 atom stereocenters. The molecule has 0 aromatic heterocycles. The Morgan fingerprint density at radius 1 is 1.41 bits per heavy atom. The van der Waals surface area contributed by atoms with Crippen LogP contribution in [0.25, 0.3) is 0 Å². The Labute approximate surface area is 98.6 Å². The van der Waals surface area contributed by atoms with Crippen molar-refractivity contribution in [3.63, 3.8) is 0 Å². The van der Waals surface area contributed by atoms with Crippen molar-refractivity contribution in [2.45, 2.75) is 18.8 Å². The van der Waals surface area contributed by atoms with Crippen molar-refractivity contribution < 1.29 is 27.6 Å². The summed E-state index contributed by atoms with van der Waals surface area (Å²) in [5.74, 6) is -1.32. The zero-order valence-corrected chi connectivity index (χ0v) is 9.85. The zero-order chi connectivity index (χ0) is 13.1. The Kier molecular flexibility index (Phi) is 4.08. The van der Waals surface area contributed by atoms with E-state index in [0.717, 1.165) is 0 Å². The highest BCUT2D eigenvalue weighted by atomic mass is 32.2. The summed E-state index contributed by atoms with van der Waals surface area (Å²) in [5, 5.41) is 8.86. The maximum absolute atomic E-state index is 10.9. The van der Waals surface area contributed by atoms with E-state index in [-0.39, 0.29) is 17.7 Å². The molecule has 0 spiro atoms. The molecule has 0 radical (unpaired) electrons. The second kappa shape index (κ2) is 5.15. The van der Waals surface area contributed by atoms with E-state index in [4.69, 9.17) is 14.4 Å². The summed E-state index contributed by atoms with van der Waals surface area (Å²) >= 11 is 0. The van der Waals surface area contributed by atoms with Crippen LogP contribution in [0.3, 0.4) is 0 Å². The third kappa shape index (κ3) is 3.43. The molecule has 0 saturated heterocycles. The van der Waals surface area contributed by atoms with Crippen molar-refractivity contribution in [3.8, 4) is 5.75 Å². The monoisotopic (exact) mass is 260 g/mol. The number of hydrogen-bond donors (Lipinski definition) is 2. The van der Waals surface area contributed by atoms with Gasteiger partial charge in [-0.2, -0.15) is 8.42 Å². The number of ether oxygens (including phenoxy) is 1. The lowest BCUT2D eigenvalue weighted by Gasteiger charge is -2.15. The fourth-order valence-corrected chi connectivity index (χ4v) is 1.89. The van der Waals surface area contributed by atoms with E-state index in [9.17, 15) is 13.2 Å². The average molecular weight is 260 g/mol. The quantitative estimate of drug-likeness (QED) is 0.776. The number of carboxylic acid groups (broad SMARTS) is 1. The summed E-state index contributed by atoms with van der Waals surface area (Å²) in [6, 6.07) is 5.62. The van der Waals surface area contributed by atoms with E-state index >= 15 is 0 Å². The molecule has 7 heteroatoms. The second-order valence-electron chi connectivity index (χ2n) is 3.27. The minimum atomic E-state index is -4.37. The largest absolute Gasteiger partial charge is 0.478 e. The number of para-hydroxylation sites is 1. The fourth-order valence-electron chi connectivity index (χ4n) is 1.24. The Hall–Kier alpha value is -1.60. The smallest absolute Gasteiger partial charge is 0.339 e. The Morgan fingerprint density at radius 3 is 2.47 bits per heavy atom. The van der Waals surface area contributed by atoms with Crippen LogP contribution in [0, 0.1) is 0 Å². The van der Waals surface area contributed by atoms with Crippen molar-refractivity contribution in [2.75, 3.05) is 0 Å². The van der Waals surface area contributed by atoms with Gasteiger partial charge in [0.15, 0.2) is 0 Å². The third-order valence-electron chi connectivity index (χ3n) is 2.04. The van der Waals surface area contributed by atoms with E-state index in [1.54, 1.807) is 0 Å². The molecule has 2 N–H and O–H groups in total. The number of carbonyl (C=O) groups is 1. The fraction of sp³-hybridized carbons (Fsp3) is 0.300. The minimum absolute atomic E-state index is 0.00673. The topological polar surface area (TPSA) is 101 Å². The van der Waals surface area contributed by atoms with E-state index in [1.165, 1.54) is 31.2 Å². The standard InChI is InChI=1S/C10H12O6S/c1-2-9(17(13,14)15)16-8-6-4-3-5-7(8)10(11)12/h3-6,9H,2H2,1H3,(H,11,12)(H,13,14,15). The summed E-state index contributed by atoms with van der Waals surface area (Å²) in [4.78, 5) is 10.8. The molecule has 94 valence electrons. The maximum atomic E-state index is 10.9. The number of aromatic carboxylic acids is 1. The van der Waals surface area contributed by atoms with Gasteiger partial charge >= 0.3 is 16.1 Å². The normalized spacial score (nSPS) is 13.1. The first kappa shape index (κ1) is 13.5. The van der Waals surface area contributed by atoms with Crippen molar-refractivity contribution in [1.82, 2.24) is 0 Å². The van der Waals surface area contributed by atoms with Gasteiger partial charge in [-0.05, 0) is 18.6 Å². The molecule has 1 aromatic rings. The molecule has 6 nitrogen and oxygen atoms in total. The average Bonchev–Trinajstić information content (AvgIpc) is 2.24. The maximum Gasteiger partial charge on any atom is 0.339 e. The van der Waals surface area contributed by atoms with Crippen LogP contribution < -0.4 is 4.74 Å². The molecule has 0 saturated carbocycles. The van der Waals surface area contributed by atoms with Crippen LogP contribution >= 0.6 is 0 Å². The predicted octanol–water partition coefficient (Wildman–Crippen LogP) is 1.39. The first-order chi connectivity index (χ1) is 7.86. The highest BCUT2D eigenvalue weighted by Crippen LogP contribution is 2.21. The lowest BCUT2D eigenvalue weighted by Crippen LogP contribution is -2.26. The molecule has 0 fully saturated rings. The highest BCUT2D eigenvalue weighted by molar-refractivity contribution is 7.86. The van der Waals surface area contributed by atoms with Gasteiger partial charge < -0.3 is 9.84 Å². The van der Waals surface area contributed by atoms with Crippen molar-refractivity contribution >= 4 is 16.1 Å². The SMILES string of the molecule is CCC(Oc1ccccc1C(=O)O)S(=O)(=O)O. The van der Waals surface area contributed by atoms with Crippen LogP contribution in [0.15, 0.2) is 24.3 Å². The molecule has 0 aliphatic carbocycles. The highest BCUT2D eigenvalue weighted by Gasteiger charge is 2.24. The van der Waals surface area contributed by atoms with Crippen molar-refractivity contribution in [2.24, 2.45) is 0 Å². The van der Waals surface area contributed by atoms with Crippen LogP contribution in [0.4, 0.5) is 0 Å². The first-order valence-electron chi connectivity index (χ1n) is 4.81. The number of benzene rings is 1. The molecule has 1 rings (SSSR count). The summed E-state index contributed by atoms with van der Waals surface area (Å²) in [6.45, 7) is 1.50. The Morgan fingerprint density at radius 2 is 2.00 bits per heavy atom. The van der Waals surface area contributed by atoms with Crippen LogP contribution in [0.1, 0.15) is 23.7 Å². The summed E-state index contributed by atoms with van der Waals surface area (Å²) in [7, 11) is -4.37. The van der Waals surface area contributed by atoms with E-state index < -0.39 is 21.5 Å². The zero-order valence-electron chi connectivity index (χ0n) is 9.03. The third-order valence-corrected chi connectivity index (χ3v) is 3.14. The van der Waals surface area contributed by atoms with Crippen molar-refractivity contribution in [1.29, 1.82) is 0 Å². The van der Waals surface area contributed by atoms with Gasteiger partial charge in [-0.1, -0.05) is 19.1 Å². The van der Waals surface area contributed by atoms with Crippen LogP contribution in [-0.2, 0) is 10.1 Å². The minimum Gasteiger partial charge on any atom is -0.478 e. The molecule has 0 amide bonds. The summed E-state index contributed by atoms with van der Waals surface area (Å²) in [6.07, 6.45) is 0.00673. The van der Waals surface area contributed by atoms with Crippen LogP contribution in [0.2, 0.25) is 0 Å². The van der Waals surface area contributed by atoms with Gasteiger partial charge in [0.1, 0.15) is 11.3 Å². The molecular weight excluding hydrogens is 248 g/mol. The second-order valence-corrected chi connectivity index (χ2v) is 4.83.